The largest absolute Gasteiger partial charge is 0.392 e. The van der Waals surface area contributed by atoms with Gasteiger partial charge in [0.25, 0.3) is 0 Å². The molecule has 0 fully saturated rings. The Kier molecular flexibility index (Phi) is 4.95. The topological polar surface area (TPSA) is 33.1 Å². The van der Waals surface area contributed by atoms with Gasteiger partial charge in [-0.2, -0.15) is 0 Å². The third-order valence-corrected chi connectivity index (χ3v) is 5.27. The molecular formula is C17H23NOS. The van der Waals surface area contributed by atoms with Gasteiger partial charge >= 0.3 is 0 Å². The van der Waals surface area contributed by atoms with E-state index in [1.165, 1.54) is 5.56 Å². The molecule has 0 saturated carbocycles. The van der Waals surface area contributed by atoms with Crippen LogP contribution in [0.15, 0.2) is 35.7 Å². The van der Waals surface area contributed by atoms with Crippen molar-refractivity contribution in [2.45, 2.75) is 51.6 Å². The molecule has 108 valence electrons. The van der Waals surface area contributed by atoms with E-state index in [0.717, 1.165) is 23.5 Å². The highest BCUT2D eigenvalue weighted by molar-refractivity contribution is 7.09. The van der Waals surface area contributed by atoms with Crippen LogP contribution < -0.4 is 0 Å². The summed E-state index contributed by atoms with van der Waals surface area (Å²) in [4.78, 5) is 4.48. The molecule has 1 unspecified atom stereocenters. The van der Waals surface area contributed by atoms with Crippen molar-refractivity contribution in [3.8, 4) is 0 Å². The van der Waals surface area contributed by atoms with Crippen molar-refractivity contribution in [3.05, 3.63) is 52.0 Å². The minimum atomic E-state index is -0.398. The third kappa shape index (κ3) is 2.94. The zero-order valence-corrected chi connectivity index (χ0v) is 13.3. The average Bonchev–Trinajstić information content (AvgIpc) is 2.87. The van der Waals surface area contributed by atoms with Crippen molar-refractivity contribution in [2.24, 2.45) is 0 Å². The number of aliphatic hydroxyl groups excluding tert-OH is 1. The van der Waals surface area contributed by atoms with Crippen LogP contribution in [0.5, 0.6) is 0 Å². The molecule has 0 amide bonds. The molecule has 1 N–H and O–H groups in total. The number of rotatable bonds is 6. The normalized spacial score (nSPS) is 13.4. The Morgan fingerprint density at radius 2 is 1.85 bits per heavy atom. The van der Waals surface area contributed by atoms with Gasteiger partial charge in [-0.05, 0) is 25.3 Å². The minimum absolute atomic E-state index is 0.180. The maximum absolute atomic E-state index is 10.8. The smallest absolute Gasteiger partial charge is 0.0954 e. The number of aliphatic hydroxyl groups is 1. The summed E-state index contributed by atoms with van der Waals surface area (Å²) >= 11 is 1.64. The molecule has 0 aliphatic heterocycles. The molecule has 2 nitrogen and oxygen atoms in total. The van der Waals surface area contributed by atoms with Crippen molar-refractivity contribution in [2.75, 3.05) is 0 Å². The van der Waals surface area contributed by atoms with Gasteiger partial charge in [-0.3, -0.25) is 0 Å². The molecule has 0 bridgehead atoms. The summed E-state index contributed by atoms with van der Waals surface area (Å²) in [7, 11) is 0. The van der Waals surface area contributed by atoms with Gasteiger partial charge in [0, 0.05) is 22.9 Å². The van der Waals surface area contributed by atoms with E-state index in [0.29, 0.717) is 6.42 Å². The number of thiazole rings is 1. The van der Waals surface area contributed by atoms with Gasteiger partial charge in [0.1, 0.15) is 0 Å². The van der Waals surface area contributed by atoms with E-state index in [1.54, 1.807) is 11.3 Å². The molecule has 0 radical (unpaired) electrons. The molecule has 0 aliphatic carbocycles. The second-order valence-corrected chi connectivity index (χ2v) is 6.27. The van der Waals surface area contributed by atoms with E-state index < -0.39 is 6.10 Å². The fourth-order valence-corrected chi connectivity index (χ4v) is 3.76. The van der Waals surface area contributed by atoms with Crippen molar-refractivity contribution < 1.29 is 5.11 Å². The Labute approximate surface area is 125 Å². The molecule has 2 rings (SSSR count). The van der Waals surface area contributed by atoms with Crippen LogP contribution in [-0.2, 0) is 11.8 Å². The van der Waals surface area contributed by atoms with Crippen molar-refractivity contribution in [1.29, 1.82) is 0 Å². The first kappa shape index (κ1) is 15.2. The fourth-order valence-electron chi connectivity index (χ4n) is 2.95. The van der Waals surface area contributed by atoms with Gasteiger partial charge in [-0.25, -0.2) is 4.98 Å². The molecule has 0 aliphatic rings. The first-order valence-electron chi connectivity index (χ1n) is 7.27. The van der Waals surface area contributed by atoms with Gasteiger partial charge in [0.15, 0.2) is 0 Å². The molecule has 1 atom stereocenters. The first-order valence-corrected chi connectivity index (χ1v) is 8.15. The van der Waals surface area contributed by atoms with Gasteiger partial charge in [-0.1, -0.05) is 44.2 Å². The Bertz CT molecular complexity index is 531. The average molecular weight is 289 g/mol. The van der Waals surface area contributed by atoms with Crippen LogP contribution >= 0.6 is 11.3 Å². The maximum Gasteiger partial charge on any atom is 0.0954 e. The molecular weight excluding hydrogens is 266 g/mol. The van der Waals surface area contributed by atoms with Gasteiger partial charge in [-0.15, -0.1) is 11.3 Å². The molecule has 3 heteroatoms. The van der Waals surface area contributed by atoms with Gasteiger partial charge in [0.2, 0.25) is 0 Å². The van der Waals surface area contributed by atoms with Gasteiger partial charge in [0.05, 0.1) is 11.1 Å². The predicted octanol–water partition coefficient (Wildman–Crippen LogP) is 4.11. The number of nitrogens with zero attached hydrogens (tertiary/aromatic N) is 1. The van der Waals surface area contributed by atoms with Crippen LogP contribution in [0.3, 0.4) is 0 Å². The summed E-state index contributed by atoms with van der Waals surface area (Å²) in [6.45, 7) is 6.32. The second kappa shape index (κ2) is 6.51. The van der Waals surface area contributed by atoms with Crippen molar-refractivity contribution in [3.63, 3.8) is 0 Å². The van der Waals surface area contributed by atoms with E-state index in [1.807, 2.05) is 18.4 Å². The standard InChI is InChI=1S/C17H23NOS/c1-4-17(5-2,14-9-7-6-8-10-14)15(19)11-16-18-13(3)12-20-16/h6-10,12,15,19H,4-5,11H2,1-3H3. The van der Waals surface area contributed by atoms with Crippen LogP contribution in [-0.4, -0.2) is 16.2 Å². The SMILES string of the molecule is CCC(CC)(c1ccccc1)C(O)Cc1nc(C)cs1. The Morgan fingerprint density at radius 3 is 2.35 bits per heavy atom. The quantitative estimate of drug-likeness (QED) is 0.868. The lowest BCUT2D eigenvalue weighted by Gasteiger charge is -2.37. The highest BCUT2D eigenvalue weighted by Gasteiger charge is 2.36. The van der Waals surface area contributed by atoms with E-state index in [2.05, 4.69) is 43.1 Å². The molecule has 20 heavy (non-hydrogen) atoms. The fraction of sp³-hybridized carbons (Fsp3) is 0.471. The number of aromatic nitrogens is 1. The van der Waals surface area contributed by atoms with Gasteiger partial charge < -0.3 is 5.11 Å². The van der Waals surface area contributed by atoms with E-state index in [9.17, 15) is 5.11 Å². The van der Waals surface area contributed by atoms with Crippen LogP contribution in [0.1, 0.15) is 43.0 Å². The van der Waals surface area contributed by atoms with Crippen molar-refractivity contribution >= 4 is 11.3 Å². The molecule has 0 spiro atoms. The van der Waals surface area contributed by atoms with Crippen molar-refractivity contribution in [1.82, 2.24) is 4.98 Å². The summed E-state index contributed by atoms with van der Waals surface area (Å²) < 4.78 is 0. The first-order chi connectivity index (χ1) is 9.62. The predicted molar refractivity (Wildman–Crippen MR) is 85.3 cm³/mol. The third-order valence-electron chi connectivity index (χ3n) is 4.28. The Morgan fingerprint density at radius 1 is 1.20 bits per heavy atom. The lowest BCUT2D eigenvalue weighted by molar-refractivity contribution is 0.0733. The van der Waals surface area contributed by atoms with Crippen LogP contribution in [0, 0.1) is 6.92 Å². The lowest BCUT2D eigenvalue weighted by atomic mass is 9.70. The monoisotopic (exact) mass is 289 g/mol. The summed E-state index contributed by atoms with van der Waals surface area (Å²) in [5, 5.41) is 13.9. The van der Waals surface area contributed by atoms with E-state index in [4.69, 9.17) is 0 Å². The van der Waals surface area contributed by atoms with E-state index in [-0.39, 0.29) is 5.41 Å². The number of hydrogen-bond donors (Lipinski definition) is 1. The second-order valence-electron chi connectivity index (χ2n) is 5.33. The molecule has 1 aromatic carbocycles. The summed E-state index contributed by atoms with van der Waals surface area (Å²) in [5.41, 5.74) is 2.09. The minimum Gasteiger partial charge on any atom is -0.392 e. The number of benzene rings is 1. The van der Waals surface area contributed by atoms with E-state index >= 15 is 0 Å². The highest BCUT2D eigenvalue weighted by atomic mass is 32.1. The Hall–Kier alpha value is -1.19. The molecule has 1 aromatic heterocycles. The number of hydrogen-bond acceptors (Lipinski definition) is 3. The zero-order valence-electron chi connectivity index (χ0n) is 12.5. The zero-order chi connectivity index (χ0) is 14.6. The van der Waals surface area contributed by atoms with Crippen LogP contribution in [0.4, 0.5) is 0 Å². The summed E-state index contributed by atoms with van der Waals surface area (Å²) in [5.74, 6) is 0. The lowest BCUT2D eigenvalue weighted by Crippen LogP contribution is -2.40. The molecule has 0 saturated heterocycles. The highest BCUT2D eigenvalue weighted by Crippen LogP contribution is 2.36. The number of aryl methyl sites for hydroxylation is 1. The maximum atomic E-state index is 10.8. The molecule has 2 aromatic rings. The Balaban J connectivity index is 2.28. The van der Waals surface area contributed by atoms with Crippen LogP contribution in [0.25, 0.3) is 0 Å². The molecule has 1 heterocycles. The van der Waals surface area contributed by atoms with Crippen LogP contribution in [0.2, 0.25) is 0 Å². The summed E-state index contributed by atoms with van der Waals surface area (Å²) in [6, 6.07) is 10.4. The summed E-state index contributed by atoms with van der Waals surface area (Å²) in [6.07, 6.45) is 2.10.